The van der Waals surface area contributed by atoms with Crippen LogP contribution < -0.4 is 5.32 Å². The Kier molecular flexibility index (Phi) is 5.82. The van der Waals surface area contributed by atoms with E-state index in [2.05, 4.69) is 21.2 Å². The molecule has 9 heteroatoms. The fourth-order valence-corrected chi connectivity index (χ4v) is 4.32. The van der Waals surface area contributed by atoms with Crippen LogP contribution in [0.5, 0.6) is 0 Å². The number of carbonyl (C=O) groups excluding carboxylic acids is 1. The first-order chi connectivity index (χ1) is 11.4. The van der Waals surface area contributed by atoms with Gasteiger partial charge in [0.1, 0.15) is 5.60 Å². The molecule has 0 bridgehead atoms. The molecule has 1 amide bonds. The normalized spacial score (nSPS) is 19.6. The molecule has 2 rings (SSSR count). The number of likely N-dealkylation sites (N-methyl/N-ethyl adjacent to an activating group) is 2. The third-order valence-electron chi connectivity index (χ3n) is 3.84. The lowest BCUT2D eigenvalue weighted by atomic mass is 9.98. The van der Waals surface area contributed by atoms with Crippen molar-refractivity contribution in [3.63, 3.8) is 0 Å². The molecule has 1 heterocycles. The van der Waals surface area contributed by atoms with Gasteiger partial charge in [-0.3, -0.25) is 5.32 Å². The van der Waals surface area contributed by atoms with Crippen LogP contribution in [0.1, 0.15) is 32.3 Å². The number of anilines is 1. The van der Waals surface area contributed by atoms with Crippen LogP contribution in [0.2, 0.25) is 0 Å². The van der Waals surface area contributed by atoms with E-state index in [1.54, 1.807) is 40.9 Å². The van der Waals surface area contributed by atoms with E-state index in [1.807, 2.05) is 12.1 Å². The number of ether oxygens (including phenoxy) is 1. The Hall–Kier alpha value is -1.16. The van der Waals surface area contributed by atoms with Crippen LogP contribution in [0.4, 0.5) is 10.5 Å². The second-order valence-corrected chi connectivity index (χ2v) is 10.1. The highest BCUT2D eigenvalue weighted by molar-refractivity contribution is 9.10. The van der Waals surface area contributed by atoms with Gasteiger partial charge in [-0.1, -0.05) is 6.07 Å². The van der Waals surface area contributed by atoms with Crippen molar-refractivity contribution in [2.45, 2.75) is 32.3 Å². The van der Waals surface area contributed by atoms with Gasteiger partial charge in [0.15, 0.2) is 0 Å². The summed E-state index contributed by atoms with van der Waals surface area (Å²) in [5, 5.41) is 2.70. The van der Waals surface area contributed by atoms with E-state index in [1.165, 1.54) is 8.61 Å². The van der Waals surface area contributed by atoms with Crippen LogP contribution in [0.3, 0.4) is 0 Å². The Morgan fingerprint density at radius 2 is 1.80 bits per heavy atom. The molecule has 0 aliphatic carbocycles. The van der Waals surface area contributed by atoms with Crippen LogP contribution in [0.15, 0.2) is 22.7 Å². The lowest BCUT2D eigenvalue weighted by molar-refractivity contribution is 0.0636. The summed E-state index contributed by atoms with van der Waals surface area (Å²) in [7, 11) is -0.202. The summed E-state index contributed by atoms with van der Waals surface area (Å²) in [5.74, 6) is 0.0467. The minimum Gasteiger partial charge on any atom is -0.444 e. The summed E-state index contributed by atoms with van der Waals surface area (Å²) in [6, 6.07) is 5.57. The molecule has 1 aliphatic heterocycles. The van der Waals surface area contributed by atoms with Crippen molar-refractivity contribution in [3.8, 4) is 0 Å². The maximum absolute atomic E-state index is 12.0. The smallest absolute Gasteiger partial charge is 0.412 e. The van der Waals surface area contributed by atoms with E-state index < -0.39 is 21.9 Å². The van der Waals surface area contributed by atoms with Crippen molar-refractivity contribution >= 4 is 37.9 Å². The number of amides is 1. The number of nitrogens with zero attached hydrogens (tertiary/aromatic N) is 2. The van der Waals surface area contributed by atoms with Crippen molar-refractivity contribution in [2.75, 3.05) is 32.5 Å². The summed E-state index contributed by atoms with van der Waals surface area (Å²) >= 11 is 3.46. The predicted octanol–water partition coefficient (Wildman–Crippen LogP) is 3.00. The average molecular weight is 434 g/mol. The van der Waals surface area contributed by atoms with Gasteiger partial charge >= 0.3 is 6.09 Å². The zero-order valence-corrected chi connectivity index (χ0v) is 17.4. The largest absolute Gasteiger partial charge is 0.444 e. The van der Waals surface area contributed by atoms with Gasteiger partial charge in [-0.25, -0.2) is 4.79 Å². The van der Waals surface area contributed by atoms with Gasteiger partial charge in [0, 0.05) is 37.6 Å². The minimum absolute atomic E-state index is 0.0467. The minimum atomic E-state index is -3.35. The van der Waals surface area contributed by atoms with Gasteiger partial charge in [0.25, 0.3) is 10.2 Å². The van der Waals surface area contributed by atoms with Crippen LogP contribution in [-0.2, 0) is 14.9 Å². The number of rotatable bonds is 2. The molecule has 140 valence electrons. The molecule has 1 N–H and O–H groups in total. The maximum Gasteiger partial charge on any atom is 0.412 e. The third kappa shape index (κ3) is 4.93. The molecule has 1 saturated heterocycles. The Morgan fingerprint density at radius 3 is 2.28 bits per heavy atom. The summed E-state index contributed by atoms with van der Waals surface area (Å²) in [6.45, 7) is 6.23. The molecule has 0 aromatic heterocycles. The number of hydrogen-bond donors (Lipinski definition) is 1. The molecule has 0 spiro atoms. The van der Waals surface area contributed by atoms with Crippen molar-refractivity contribution < 1.29 is 17.9 Å². The molecule has 1 aromatic carbocycles. The maximum atomic E-state index is 12.0. The van der Waals surface area contributed by atoms with E-state index in [-0.39, 0.29) is 5.92 Å². The molecule has 1 fully saturated rings. The third-order valence-corrected chi connectivity index (χ3v) is 6.37. The molecule has 7 nitrogen and oxygen atoms in total. The molecular formula is C16H24BrN3O4S. The van der Waals surface area contributed by atoms with Gasteiger partial charge in [-0.15, -0.1) is 0 Å². The number of halogens is 1. The van der Waals surface area contributed by atoms with Crippen LogP contribution in [0.25, 0.3) is 0 Å². The average Bonchev–Trinajstić information content (AvgIpc) is 2.45. The van der Waals surface area contributed by atoms with E-state index in [4.69, 9.17) is 4.74 Å². The standard InChI is InChI=1S/C16H24BrN3O4S/c1-16(2,3)24-15(21)18-14-7-6-11(8-13(14)17)12-9-19(4)25(22,23)20(5)10-12/h6-8,12H,9-10H2,1-5H3,(H,18,21). The van der Waals surface area contributed by atoms with E-state index in [0.29, 0.717) is 18.8 Å². The second-order valence-electron chi connectivity index (χ2n) is 7.13. The Labute approximate surface area is 157 Å². The van der Waals surface area contributed by atoms with Crippen LogP contribution in [-0.4, -0.2) is 55.9 Å². The van der Waals surface area contributed by atoms with Crippen molar-refractivity contribution in [2.24, 2.45) is 0 Å². The highest BCUT2D eigenvalue weighted by Gasteiger charge is 2.34. The lowest BCUT2D eigenvalue weighted by Gasteiger charge is -2.35. The van der Waals surface area contributed by atoms with Crippen molar-refractivity contribution in [1.82, 2.24) is 8.61 Å². The number of nitrogens with one attached hydrogen (secondary N) is 1. The SMILES string of the molecule is CN1CC(c2ccc(NC(=O)OC(C)(C)C)c(Br)c2)CN(C)S1(=O)=O. The van der Waals surface area contributed by atoms with Gasteiger partial charge in [-0.05, 0) is 54.4 Å². The molecule has 1 aliphatic rings. The zero-order chi connectivity index (χ0) is 19.0. The molecule has 0 atom stereocenters. The highest BCUT2D eigenvalue weighted by Crippen LogP contribution is 2.31. The quantitative estimate of drug-likeness (QED) is 0.776. The van der Waals surface area contributed by atoms with Crippen molar-refractivity contribution in [1.29, 1.82) is 0 Å². The number of carbonyl (C=O) groups is 1. The molecule has 0 unspecified atom stereocenters. The summed E-state index contributed by atoms with van der Waals surface area (Å²) in [4.78, 5) is 11.9. The predicted molar refractivity (Wildman–Crippen MR) is 101 cm³/mol. The van der Waals surface area contributed by atoms with Gasteiger partial charge in [0.05, 0.1) is 5.69 Å². The molecule has 1 aromatic rings. The highest BCUT2D eigenvalue weighted by atomic mass is 79.9. The Bertz CT molecular complexity index is 743. The summed E-state index contributed by atoms with van der Waals surface area (Å²) in [5.41, 5.74) is 1.03. The van der Waals surface area contributed by atoms with Crippen molar-refractivity contribution in [3.05, 3.63) is 28.2 Å². The molecule has 25 heavy (non-hydrogen) atoms. The Balaban J connectivity index is 2.13. The monoisotopic (exact) mass is 433 g/mol. The first-order valence-corrected chi connectivity index (χ1v) is 10.1. The van der Waals surface area contributed by atoms with E-state index >= 15 is 0 Å². The zero-order valence-electron chi connectivity index (χ0n) is 15.0. The van der Waals surface area contributed by atoms with E-state index in [9.17, 15) is 13.2 Å². The van der Waals surface area contributed by atoms with Crippen LogP contribution in [0, 0.1) is 0 Å². The van der Waals surface area contributed by atoms with Gasteiger partial charge in [0.2, 0.25) is 0 Å². The first kappa shape index (κ1) is 20.2. The number of benzene rings is 1. The molecule has 0 radical (unpaired) electrons. The molecular weight excluding hydrogens is 410 g/mol. The number of hydrogen-bond acceptors (Lipinski definition) is 4. The molecule has 0 saturated carbocycles. The topological polar surface area (TPSA) is 79.0 Å². The van der Waals surface area contributed by atoms with E-state index in [0.717, 1.165) is 10.0 Å². The first-order valence-electron chi connectivity index (χ1n) is 7.87. The van der Waals surface area contributed by atoms with Crippen LogP contribution >= 0.6 is 15.9 Å². The fraction of sp³-hybridized carbons (Fsp3) is 0.562. The van der Waals surface area contributed by atoms with Gasteiger partial charge < -0.3 is 4.74 Å². The summed E-state index contributed by atoms with van der Waals surface area (Å²) in [6.07, 6.45) is -0.524. The van der Waals surface area contributed by atoms with Gasteiger partial charge in [-0.2, -0.15) is 17.0 Å². The summed E-state index contributed by atoms with van der Waals surface area (Å²) < 4.78 is 32.7. The fourth-order valence-electron chi connectivity index (χ4n) is 2.62. The Morgan fingerprint density at radius 1 is 1.24 bits per heavy atom. The second kappa shape index (κ2) is 7.22. The lowest BCUT2D eigenvalue weighted by Crippen LogP contribution is -2.49.